The van der Waals surface area contributed by atoms with Crippen molar-refractivity contribution in [3.63, 3.8) is 0 Å². The maximum absolute atomic E-state index is 13.3. The Morgan fingerprint density at radius 1 is 1.17 bits per heavy atom. The van der Waals surface area contributed by atoms with Crippen LogP contribution in [-0.4, -0.2) is 33.0 Å². The Hall–Kier alpha value is -3.56. The van der Waals surface area contributed by atoms with Gasteiger partial charge in [0.05, 0.1) is 24.6 Å². The van der Waals surface area contributed by atoms with Crippen LogP contribution in [-0.2, 0) is 12.8 Å². The van der Waals surface area contributed by atoms with E-state index in [2.05, 4.69) is 20.3 Å². The van der Waals surface area contributed by atoms with Crippen molar-refractivity contribution in [2.24, 2.45) is 0 Å². The monoisotopic (exact) mass is 506 g/mol. The minimum absolute atomic E-state index is 0.298. The number of nitrogens with one attached hydrogen (secondary N) is 1. The van der Waals surface area contributed by atoms with Crippen LogP contribution in [0.3, 0.4) is 0 Å². The average Bonchev–Trinajstić information content (AvgIpc) is 3.25. The van der Waals surface area contributed by atoms with Gasteiger partial charge >= 0.3 is 0 Å². The Morgan fingerprint density at radius 2 is 2.03 bits per heavy atom. The summed E-state index contributed by atoms with van der Waals surface area (Å²) in [4.78, 5) is 31.9. The van der Waals surface area contributed by atoms with E-state index in [9.17, 15) is 4.79 Å². The summed E-state index contributed by atoms with van der Waals surface area (Å²) in [5.41, 5.74) is 10.4. The molecule has 0 saturated heterocycles. The van der Waals surface area contributed by atoms with E-state index < -0.39 is 0 Å². The summed E-state index contributed by atoms with van der Waals surface area (Å²) < 4.78 is 5.46. The number of hydrogen-bond donors (Lipinski definition) is 2. The highest BCUT2D eigenvalue weighted by Crippen LogP contribution is 2.38. The SMILES string of the molecule is COc1cnc(Cl)cc1-c1cc(C)ncc1C(=O)Nc1nc2c(s1)CC(c1ccc(N)nc1)CC2. The van der Waals surface area contributed by atoms with Crippen molar-refractivity contribution in [2.45, 2.75) is 32.1 Å². The van der Waals surface area contributed by atoms with Crippen molar-refractivity contribution in [3.8, 4) is 16.9 Å². The van der Waals surface area contributed by atoms with Crippen LogP contribution in [0, 0.1) is 6.92 Å². The Labute approximate surface area is 211 Å². The van der Waals surface area contributed by atoms with Gasteiger partial charge in [-0.3, -0.25) is 15.1 Å². The lowest BCUT2D eigenvalue weighted by molar-refractivity contribution is 0.102. The maximum Gasteiger partial charge on any atom is 0.259 e. The van der Waals surface area contributed by atoms with E-state index >= 15 is 0 Å². The molecule has 4 heterocycles. The van der Waals surface area contributed by atoms with Gasteiger partial charge in [-0.05, 0) is 55.9 Å². The first-order chi connectivity index (χ1) is 16.9. The Kier molecular flexibility index (Phi) is 6.36. The summed E-state index contributed by atoms with van der Waals surface area (Å²) in [7, 11) is 1.55. The van der Waals surface area contributed by atoms with Crippen LogP contribution >= 0.6 is 22.9 Å². The molecule has 1 amide bonds. The number of nitrogen functional groups attached to an aromatic ring is 1. The van der Waals surface area contributed by atoms with Crippen LogP contribution in [0.25, 0.3) is 11.1 Å². The summed E-state index contributed by atoms with van der Waals surface area (Å²) >= 11 is 7.66. The van der Waals surface area contributed by atoms with Crippen molar-refractivity contribution in [1.29, 1.82) is 0 Å². The number of methoxy groups -OCH3 is 1. The van der Waals surface area contributed by atoms with Crippen LogP contribution in [0.15, 0.2) is 42.9 Å². The van der Waals surface area contributed by atoms with Crippen molar-refractivity contribution in [1.82, 2.24) is 19.9 Å². The number of pyridine rings is 3. The number of halogens is 1. The number of fused-ring (bicyclic) bond motifs is 1. The second-order valence-electron chi connectivity index (χ2n) is 8.38. The Bertz CT molecular complexity index is 1410. The molecule has 1 aliphatic rings. The molecule has 5 rings (SSSR count). The van der Waals surface area contributed by atoms with Crippen LogP contribution in [0.1, 0.15) is 44.5 Å². The van der Waals surface area contributed by atoms with E-state index in [4.69, 9.17) is 27.1 Å². The van der Waals surface area contributed by atoms with Crippen molar-refractivity contribution < 1.29 is 9.53 Å². The number of thiazole rings is 1. The largest absolute Gasteiger partial charge is 0.494 e. The van der Waals surface area contributed by atoms with Gasteiger partial charge < -0.3 is 10.5 Å². The zero-order valence-electron chi connectivity index (χ0n) is 19.2. The molecule has 0 aliphatic heterocycles. The van der Waals surface area contributed by atoms with E-state index in [-0.39, 0.29) is 5.91 Å². The highest BCUT2D eigenvalue weighted by Gasteiger charge is 2.25. The van der Waals surface area contributed by atoms with Gasteiger partial charge in [-0.25, -0.2) is 15.0 Å². The van der Waals surface area contributed by atoms with Crippen molar-refractivity contribution in [3.05, 3.63) is 75.4 Å². The third kappa shape index (κ3) is 4.82. The molecule has 1 unspecified atom stereocenters. The number of hydrogen-bond acceptors (Lipinski definition) is 8. The first kappa shape index (κ1) is 23.2. The highest BCUT2D eigenvalue weighted by atomic mass is 35.5. The van der Waals surface area contributed by atoms with Gasteiger partial charge in [0.25, 0.3) is 5.91 Å². The topological polar surface area (TPSA) is 116 Å². The number of nitrogens with zero attached hydrogens (tertiary/aromatic N) is 4. The summed E-state index contributed by atoms with van der Waals surface area (Å²) in [6, 6.07) is 7.38. The number of ether oxygens (including phenoxy) is 1. The maximum atomic E-state index is 13.3. The molecule has 1 aliphatic carbocycles. The molecule has 0 bridgehead atoms. The number of amides is 1. The van der Waals surface area contributed by atoms with Gasteiger partial charge in [0.2, 0.25) is 0 Å². The molecular formula is C25H23ClN6O2S. The smallest absolute Gasteiger partial charge is 0.259 e. The lowest BCUT2D eigenvalue weighted by Gasteiger charge is -2.21. The molecule has 0 saturated carbocycles. The fourth-order valence-electron chi connectivity index (χ4n) is 4.29. The number of aryl methyl sites for hydroxylation is 2. The molecule has 10 heteroatoms. The highest BCUT2D eigenvalue weighted by molar-refractivity contribution is 7.15. The molecule has 35 heavy (non-hydrogen) atoms. The quantitative estimate of drug-likeness (QED) is 0.363. The fourth-order valence-corrected chi connectivity index (χ4v) is 5.53. The third-order valence-corrected chi connectivity index (χ3v) is 7.31. The van der Waals surface area contributed by atoms with Crippen LogP contribution in [0.2, 0.25) is 5.15 Å². The molecule has 0 aromatic carbocycles. The number of carbonyl (C=O) groups is 1. The molecule has 0 fully saturated rings. The molecule has 4 aromatic rings. The van der Waals surface area contributed by atoms with Gasteiger partial charge in [-0.1, -0.05) is 17.7 Å². The number of rotatable bonds is 5. The Balaban J connectivity index is 1.40. The van der Waals surface area contributed by atoms with Crippen molar-refractivity contribution >= 4 is 39.8 Å². The molecule has 1 atom stereocenters. The van der Waals surface area contributed by atoms with E-state index in [1.54, 1.807) is 19.4 Å². The average molecular weight is 507 g/mol. The van der Waals surface area contributed by atoms with E-state index in [1.165, 1.54) is 28.0 Å². The molecular weight excluding hydrogens is 484 g/mol. The molecule has 8 nitrogen and oxygen atoms in total. The first-order valence-electron chi connectivity index (χ1n) is 11.1. The molecule has 0 spiro atoms. The molecule has 0 radical (unpaired) electrons. The standard InChI is InChI=1S/C25H23ClN6O2S/c1-13-7-16(17-9-22(26)29-12-20(17)34-2)18(11-28-13)24(33)32-25-31-19-5-3-14(8-21(19)35-25)15-4-6-23(27)30-10-15/h4,6-7,9-12,14H,3,5,8H2,1-2H3,(H2,27,30)(H,31,32,33). The van der Waals surface area contributed by atoms with Gasteiger partial charge in [0.1, 0.15) is 16.7 Å². The second-order valence-corrected chi connectivity index (χ2v) is 9.85. The van der Waals surface area contributed by atoms with Crippen molar-refractivity contribution in [2.75, 3.05) is 18.2 Å². The normalized spacial score (nSPS) is 14.9. The lowest BCUT2D eigenvalue weighted by atomic mass is 9.86. The predicted molar refractivity (Wildman–Crippen MR) is 137 cm³/mol. The predicted octanol–water partition coefficient (Wildman–Crippen LogP) is 5.07. The number of aromatic nitrogens is 4. The minimum atomic E-state index is -0.298. The van der Waals surface area contributed by atoms with E-state index in [0.29, 0.717) is 44.5 Å². The number of anilines is 2. The number of nitrogens with two attached hydrogens (primary N) is 1. The third-order valence-electron chi connectivity index (χ3n) is 6.07. The molecule has 4 aromatic heterocycles. The van der Waals surface area contributed by atoms with E-state index in [1.807, 2.05) is 31.3 Å². The van der Waals surface area contributed by atoms with Crippen LogP contribution < -0.4 is 15.8 Å². The zero-order chi connectivity index (χ0) is 24.5. The lowest BCUT2D eigenvalue weighted by Crippen LogP contribution is -2.14. The van der Waals surface area contributed by atoms with Gasteiger partial charge in [-0.15, -0.1) is 11.3 Å². The second kappa shape index (κ2) is 9.59. The van der Waals surface area contributed by atoms with Crippen LogP contribution in [0.5, 0.6) is 5.75 Å². The molecule has 178 valence electrons. The van der Waals surface area contributed by atoms with Crippen LogP contribution in [0.4, 0.5) is 10.9 Å². The minimum Gasteiger partial charge on any atom is -0.494 e. The van der Waals surface area contributed by atoms with Gasteiger partial charge in [-0.2, -0.15) is 0 Å². The molecule has 3 N–H and O–H groups in total. The number of carbonyl (C=O) groups excluding carboxylic acids is 1. The van der Waals surface area contributed by atoms with Gasteiger partial charge in [0.15, 0.2) is 5.13 Å². The first-order valence-corrected chi connectivity index (χ1v) is 12.3. The summed E-state index contributed by atoms with van der Waals surface area (Å²) in [5, 5.41) is 3.85. The summed E-state index contributed by atoms with van der Waals surface area (Å²) in [6.07, 6.45) is 7.63. The Morgan fingerprint density at radius 3 is 2.80 bits per heavy atom. The fraction of sp³-hybridized carbons (Fsp3) is 0.240. The summed E-state index contributed by atoms with van der Waals surface area (Å²) in [6.45, 7) is 1.86. The van der Waals surface area contributed by atoms with E-state index in [0.717, 1.165) is 30.7 Å². The summed E-state index contributed by atoms with van der Waals surface area (Å²) in [5.74, 6) is 1.09. The van der Waals surface area contributed by atoms with Gasteiger partial charge in [0, 0.05) is 34.1 Å². The zero-order valence-corrected chi connectivity index (χ0v) is 20.8.